The summed E-state index contributed by atoms with van der Waals surface area (Å²) in [6.45, 7) is 1.82. The van der Waals surface area contributed by atoms with Gasteiger partial charge in [-0.2, -0.15) is 23.5 Å². The summed E-state index contributed by atoms with van der Waals surface area (Å²) in [6, 6.07) is 0. The Hall–Kier alpha value is -0.800. The number of ether oxygens (including phenoxy) is 4. The van der Waals surface area contributed by atoms with Crippen molar-refractivity contribution in [2.45, 2.75) is 124 Å². The van der Waals surface area contributed by atoms with Crippen LogP contribution in [0.25, 0.3) is 0 Å². The highest BCUT2D eigenvalue weighted by molar-refractivity contribution is 7.99. The summed E-state index contributed by atoms with van der Waals surface area (Å²) in [5.41, 5.74) is 0. The Morgan fingerprint density at radius 3 is 1.45 bits per heavy atom. The van der Waals surface area contributed by atoms with Crippen molar-refractivity contribution < 1.29 is 64.3 Å². The van der Waals surface area contributed by atoms with Crippen LogP contribution in [0.15, 0.2) is 0 Å². The molecule has 2 aliphatic rings. The van der Waals surface area contributed by atoms with Crippen LogP contribution < -0.4 is 10.6 Å². The minimum Gasteiger partial charge on any atom is -0.394 e. The third kappa shape index (κ3) is 19.8. The van der Waals surface area contributed by atoms with Gasteiger partial charge in [0, 0.05) is 38.4 Å². The fourth-order valence-corrected chi connectivity index (χ4v) is 5.57. The maximum absolute atomic E-state index is 11.0. The first-order valence-electron chi connectivity index (χ1n) is 14.3. The first-order valence-corrected chi connectivity index (χ1v) is 16.6. The normalized spacial score (nSPS) is 29.7. The van der Waals surface area contributed by atoms with E-state index < -0.39 is 68.0 Å². The molecule has 0 saturated carbocycles. The number of nitrogens with one attached hydrogen (secondary N) is 2. The van der Waals surface area contributed by atoms with Gasteiger partial charge in [0.15, 0.2) is 12.6 Å². The molecule has 286 valence electrons. The topological polar surface area (TPSA) is 237 Å². The Kier molecular flexibility index (Phi) is 33.9. The summed E-state index contributed by atoms with van der Waals surface area (Å²) in [6.07, 6.45) is -8.93. The number of carbonyl (C=O) groups excluding carboxylic acids is 2. The number of hydrogen-bond acceptors (Lipinski definition) is 15. The molecule has 2 aliphatic heterocycles. The fraction of sp³-hybridized carbons (Fsp3) is 0.933. The van der Waals surface area contributed by atoms with E-state index >= 15 is 0 Å². The van der Waals surface area contributed by atoms with Crippen molar-refractivity contribution in [3.05, 3.63) is 0 Å². The smallest absolute Gasteiger partial charge is 0.220 e. The second-order valence-electron chi connectivity index (χ2n) is 9.90. The van der Waals surface area contributed by atoms with E-state index in [2.05, 4.69) is 10.6 Å². The standard InChI is InChI=1S/C13H25NO7S.C13H25NO6S.4CH4/c1-14-9(16)3-6-22-5-2-4-20-13-12(19)11(18)10(17)8(7-15)21-13;1-8-10(16)11(17)12(18)13(20-8)19-5-3-6-21-7-4-9(15)14-2;;;;/h8,10-13,15,17-19H,2-7H2,1H3,(H,14,16);8,10-13,16-18H,3-7H2,1-2H3,(H,14,15);4*1H4/t8?,10-,11-,12?,13-;8?,10-,11+,12?,13+;;;;/m01..../s1. The Balaban J connectivity index is -0.000000363. The van der Waals surface area contributed by atoms with Crippen molar-refractivity contribution in [3.63, 3.8) is 0 Å². The van der Waals surface area contributed by atoms with Gasteiger partial charge in [-0.15, -0.1) is 0 Å². The van der Waals surface area contributed by atoms with Crippen LogP contribution in [0.1, 0.15) is 62.3 Å². The second kappa shape index (κ2) is 30.1. The van der Waals surface area contributed by atoms with Crippen molar-refractivity contribution in [2.75, 3.05) is 56.9 Å². The molecule has 2 rings (SSSR count). The first-order chi connectivity index (χ1) is 20.5. The summed E-state index contributed by atoms with van der Waals surface area (Å²) in [5, 5.41) is 72.1. The van der Waals surface area contributed by atoms with Gasteiger partial charge in [0.05, 0.1) is 25.9 Å². The first kappa shape index (κ1) is 53.0. The minimum absolute atomic E-state index is 0. The van der Waals surface area contributed by atoms with Crippen LogP contribution >= 0.6 is 23.5 Å². The van der Waals surface area contributed by atoms with Gasteiger partial charge in [-0.05, 0) is 31.3 Å². The van der Waals surface area contributed by atoms with Crippen LogP contribution in [-0.4, -0.2) is 166 Å². The zero-order chi connectivity index (χ0) is 32.4. The van der Waals surface area contributed by atoms with E-state index in [0.717, 1.165) is 29.4 Å². The lowest BCUT2D eigenvalue weighted by atomic mass is 9.99. The summed E-state index contributed by atoms with van der Waals surface area (Å²) < 4.78 is 21.3. The van der Waals surface area contributed by atoms with E-state index in [-0.39, 0.29) is 41.5 Å². The molecule has 0 spiro atoms. The van der Waals surface area contributed by atoms with Gasteiger partial charge in [-0.25, -0.2) is 0 Å². The summed E-state index contributed by atoms with van der Waals surface area (Å²) in [7, 11) is 3.21. The van der Waals surface area contributed by atoms with E-state index in [1.165, 1.54) is 0 Å². The highest BCUT2D eigenvalue weighted by Crippen LogP contribution is 2.23. The molecule has 0 aromatic rings. The number of carbonyl (C=O) groups is 2. The van der Waals surface area contributed by atoms with Crippen LogP contribution in [0.2, 0.25) is 0 Å². The third-order valence-electron chi connectivity index (χ3n) is 6.59. The van der Waals surface area contributed by atoms with E-state index in [4.69, 9.17) is 24.1 Å². The zero-order valence-corrected chi connectivity index (χ0v) is 26.6. The Bertz CT molecular complexity index is 775. The SMILES string of the molecule is C.C.C.C.CNC(=O)CCSCCCO[C@H]1OC(C)[C@@H](O)[C@H](O)C1O.CNC(=O)CCSCCCO[C@H]1OC(CO)[C@H](O)[C@H](O)C1O. The van der Waals surface area contributed by atoms with Crippen molar-refractivity contribution in [1.29, 1.82) is 0 Å². The van der Waals surface area contributed by atoms with Gasteiger partial charge in [0.25, 0.3) is 0 Å². The highest BCUT2D eigenvalue weighted by Gasteiger charge is 2.44. The molecule has 0 aromatic carbocycles. The molecular weight excluding hydrogens is 660 g/mol. The van der Waals surface area contributed by atoms with E-state index in [0.29, 0.717) is 32.5 Å². The van der Waals surface area contributed by atoms with Gasteiger partial charge < -0.3 is 65.3 Å². The molecule has 10 atom stereocenters. The monoisotopic (exact) mass is 726 g/mol. The third-order valence-corrected chi connectivity index (χ3v) is 8.73. The predicted molar refractivity (Wildman–Crippen MR) is 186 cm³/mol. The highest BCUT2D eigenvalue weighted by atomic mass is 32.2. The van der Waals surface area contributed by atoms with Gasteiger partial charge in [-0.1, -0.05) is 29.7 Å². The number of hydrogen-bond donors (Lipinski definition) is 9. The average molecular weight is 727 g/mol. The zero-order valence-electron chi connectivity index (χ0n) is 24.9. The van der Waals surface area contributed by atoms with Crippen molar-refractivity contribution in [1.82, 2.24) is 10.6 Å². The fourth-order valence-electron chi connectivity index (χ4n) is 3.86. The Morgan fingerprint density at radius 2 is 1.04 bits per heavy atom. The van der Waals surface area contributed by atoms with E-state index in [1.54, 1.807) is 44.5 Å². The molecule has 15 nitrogen and oxygen atoms in total. The van der Waals surface area contributed by atoms with E-state index in [9.17, 15) is 40.2 Å². The summed E-state index contributed by atoms with van der Waals surface area (Å²) in [4.78, 5) is 22.0. The van der Waals surface area contributed by atoms with Crippen molar-refractivity contribution in [2.24, 2.45) is 0 Å². The number of aliphatic hydroxyl groups is 7. The van der Waals surface area contributed by atoms with Gasteiger partial charge in [0.1, 0.15) is 42.7 Å². The molecular formula is C30H66N2O13S2. The molecule has 9 N–H and O–H groups in total. The molecule has 0 radical (unpaired) electrons. The lowest BCUT2D eigenvalue weighted by Gasteiger charge is -2.39. The molecule has 4 unspecified atom stereocenters. The molecule has 2 amide bonds. The molecule has 17 heteroatoms. The molecule has 2 fully saturated rings. The summed E-state index contributed by atoms with van der Waals surface area (Å²) >= 11 is 3.27. The van der Waals surface area contributed by atoms with Crippen LogP contribution in [-0.2, 0) is 28.5 Å². The Labute approximate surface area is 290 Å². The number of amides is 2. The summed E-state index contributed by atoms with van der Waals surface area (Å²) in [5.74, 6) is 3.13. The molecule has 0 aromatic heterocycles. The van der Waals surface area contributed by atoms with Crippen molar-refractivity contribution >= 4 is 35.3 Å². The quantitative estimate of drug-likeness (QED) is 0.0875. The van der Waals surface area contributed by atoms with Gasteiger partial charge >= 0.3 is 0 Å². The molecule has 0 aliphatic carbocycles. The maximum Gasteiger partial charge on any atom is 0.220 e. The second-order valence-corrected chi connectivity index (χ2v) is 12.3. The lowest BCUT2D eigenvalue weighted by Crippen LogP contribution is -2.59. The number of thioether (sulfide) groups is 2. The van der Waals surface area contributed by atoms with Crippen LogP contribution in [0, 0.1) is 0 Å². The van der Waals surface area contributed by atoms with Crippen LogP contribution in [0.4, 0.5) is 0 Å². The number of rotatable bonds is 17. The number of aliphatic hydroxyl groups excluding tert-OH is 7. The molecule has 2 saturated heterocycles. The van der Waals surface area contributed by atoms with Gasteiger partial charge in [0.2, 0.25) is 11.8 Å². The van der Waals surface area contributed by atoms with Gasteiger partial charge in [-0.3, -0.25) is 9.59 Å². The van der Waals surface area contributed by atoms with Crippen LogP contribution in [0.5, 0.6) is 0 Å². The average Bonchev–Trinajstić information content (AvgIpc) is 3.01. The molecule has 2 heterocycles. The lowest BCUT2D eigenvalue weighted by molar-refractivity contribution is -0.300. The predicted octanol–water partition coefficient (Wildman–Crippen LogP) is -0.303. The largest absolute Gasteiger partial charge is 0.394 e. The maximum atomic E-state index is 11.0. The van der Waals surface area contributed by atoms with Crippen molar-refractivity contribution in [3.8, 4) is 0 Å². The van der Waals surface area contributed by atoms with E-state index in [1.807, 2.05) is 0 Å². The minimum atomic E-state index is -1.42. The molecule has 0 bridgehead atoms. The molecule has 47 heavy (non-hydrogen) atoms. The van der Waals surface area contributed by atoms with Crippen LogP contribution in [0.3, 0.4) is 0 Å². The Morgan fingerprint density at radius 1 is 0.638 bits per heavy atom.